The standard InChI is InChI=1S/C13H18F2N2O/c1-17(10-4-5-18-8-10)7-13(16)9-2-3-11(14)12(15)6-9/h2-3,6,10,13H,4-5,7-8,16H2,1H3. The Bertz CT molecular complexity index is 408. The van der Waals surface area contributed by atoms with Gasteiger partial charge >= 0.3 is 0 Å². The van der Waals surface area contributed by atoms with Crippen LogP contribution >= 0.6 is 0 Å². The van der Waals surface area contributed by atoms with Gasteiger partial charge in [-0.3, -0.25) is 4.90 Å². The molecule has 0 amide bonds. The van der Waals surface area contributed by atoms with Gasteiger partial charge in [-0.25, -0.2) is 8.78 Å². The molecule has 2 atom stereocenters. The van der Waals surface area contributed by atoms with Crippen LogP contribution in [0.15, 0.2) is 18.2 Å². The molecule has 1 aromatic carbocycles. The van der Waals surface area contributed by atoms with E-state index in [-0.39, 0.29) is 6.04 Å². The normalized spacial score (nSPS) is 21.5. The fourth-order valence-corrected chi connectivity index (χ4v) is 2.18. The molecule has 0 bridgehead atoms. The largest absolute Gasteiger partial charge is 0.380 e. The molecule has 0 aliphatic carbocycles. The maximum absolute atomic E-state index is 13.1. The van der Waals surface area contributed by atoms with Crippen LogP contribution in [0.1, 0.15) is 18.0 Å². The molecule has 5 heteroatoms. The highest BCUT2D eigenvalue weighted by molar-refractivity contribution is 5.21. The first kappa shape index (κ1) is 13.4. The lowest BCUT2D eigenvalue weighted by Crippen LogP contribution is -2.37. The summed E-state index contributed by atoms with van der Waals surface area (Å²) in [5, 5.41) is 0. The Morgan fingerprint density at radius 3 is 2.83 bits per heavy atom. The summed E-state index contributed by atoms with van der Waals surface area (Å²) >= 11 is 0. The van der Waals surface area contributed by atoms with Crippen LogP contribution in [0, 0.1) is 11.6 Å². The van der Waals surface area contributed by atoms with Crippen LogP contribution in [-0.4, -0.2) is 37.7 Å². The first-order valence-corrected chi connectivity index (χ1v) is 6.06. The Hall–Kier alpha value is -1.04. The van der Waals surface area contributed by atoms with Crippen LogP contribution in [0.2, 0.25) is 0 Å². The Balaban J connectivity index is 1.97. The molecule has 0 radical (unpaired) electrons. The summed E-state index contributed by atoms with van der Waals surface area (Å²) in [4.78, 5) is 2.11. The minimum absolute atomic E-state index is 0.328. The highest BCUT2D eigenvalue weighted by Crippen LogP contribution is 2.18. The van der Waals surface area contributed by atoms with Crippen LogP contribution < -0.4 is 5.73 Å². The lowest BCUT2D eigenvalue weighted by Gasteiger charge is -2.26. The lowest BCUT2D eigenvalue weighted by atomic mass is 10.1. The van der Waals surface area contributed by atoms with E-state index in [9.17, 15) is 8.78 Å². The number of benzene rings is 1. The highest BCUT2D eigenvalue weighted by atomic mass is 19.2. The van der Waals surface area contributed by atoms with Crippen molar-refractivity contribution < 1.29 is 13.5 Å². The third kappa shape index (κ3) is 3.04. The molecule has 18 heavy (non-hydrogen) atoms. The molecule has 3 nitrogen and oxygen atoms in total. The minimum Gasteiger partial charge on any atom is -0.380 e. The quantitative estimate of drug-likeness (QED) is 0.891. The Kier molecular flexibility index (Phi) is 4.27. The monoisotopic (exact) mass is 256 g/mol. The van der Waals surface area contributed by atoms with Crippen LogP contribution in [0.4, 0.5) is 8.78 Å². The van der Waals surface area contributed by atoms with E-state index in [1.165, 1.54) is 12.1 Å². The van der Waals surface area contributed by atoms with Gasteiger partial charge in [-0.2, -0.15) is 0 Å². The second-order valence-corrected chi connectivity index (χ2v) is 4.74. The fraction of sp³-hybridized carbons (Fsp3) is 0.538. The molecule has 100 valence electrons. The van der Waals surface area contributed by atoms with Crippen LogP contribution in [0.5, 0.6) is 0 Å². The molecule has 0 spiro atoms. The molecular weight excluding hydrogens is 238 g/mol. The minimum atomic E-state index is -0.852. The highest BCUT2D eigenvalue weighted by Gasteiger charge is 2.22. The van der Waals surface area contributed by atoms with Gasteiger partial charge < -0.3 is 10.5 Å². The number of nitrogens with two attached hydrogens (primary N) is 1. The molecule has 2 rings (SSSR count). The van der Waals surface area contributed by atoms with Gasteiger partial charge in [-0.15, -0.1) is 0 Å². The van der Waals surface area contributed by atoms with Crippen molar-refractivity contribution >= 4 is 0 Å². The number of hydrogen-bond donors (Lipinski definition) is 1. The molecule has 2 unspecified atom stereocenters. The van der Waals surface area contributed by atoms with Crippen LogP contribution in [0.3, 0.4) is 0 Å². The van der Waals surface area contributed by atoms with Crippen molar-refractivity contribution in [3.8, 4) is 0 Å². The third-order valence-corrected chi connectivity index (χ3v) is 3.39. The summed E-state index contributed by atoms with van der Waals surface area (Å²) in [5.41, 5.74) is 6.62. The molecule has 1 aliphatic rings. The summed E-state index contributed by atoms with van der Waals surface area (Å²) in [5.74, 6) is -1.70. The van der Waals surface area contributed by atoms with E-state index in [0.717, 1.165) is 19.1 Å². The predicted molar refractivity (Wildman–Crippen MR) is 65.1 cm³/mol. The van der Waals surface area contributed by atoms with Gasteiger partial charge in [0.2, 0.25) is 0 Å². The van der Waals surface area contributed by atoms with Gasteiger partial charge in [0, 0.05) is 25.2 Å². The number of hydrogen-bond acceptors (Lipinski definition) is 3. The van der Waals surface area contributed by atoms with Crippen molar-refractivity contribution in [3.63, 3.8) is 0 Å². The predicted octanol–water partition coefficient (Wildman–Crippen LogP) is 1.69. The second kappa shape index (κ2) is 5.73. The molecule has 2 N–H and O–H groups in total. The summed E-state index contributed by atoms with van der Waals surface area (Å²) in [6, 6.07) is 3.84. The third-order valence-electron chi connectivity index (χ3n) is 3.39. The number of rotatable bonds is 4. The SMILES string of the molecule is CN(CC(N)c1ccc(F)c(F)c1)C1CCOC1. The van der Waals surface area contributed by atoms with Gasteiger partial charge in [0.25, 0.3) is 0 Å². The molecule has 1 fully saturated rings. The number of likely N-dealkylation sites (N-methyl/N-ethyl adjacent to an activating group) is 1. The molecular formula is C13H18F2N2O. The maximum Gasteiger partial charge on any atom is 0.159 e. The van der Waals surface area contributed by atoms with E-state index in [0.29, 0.717) is 24.8 Å². The van der Waals surface area contributed by atoms with Crippen LogP contribution in [-0.2, 0) is 4.74 Å². The molecule has 0 saturated carbocycles. The van der Waals surface area contributed by atoms with E-state index in [1.54, 1.807) is 0 Å². The molecule has 0 aromatic heterocycles. The summed E-state index contributed by atoms with van der Waals surface area (Å²) in [6.07, 6.45) is 0.987. The lowest BCUT2D eigenvalue weighted by molar-refractivity contribution is 0.156. The van der Waals surface area contributed by atoms with E-state index in [2.05, 4.69) is 4.90 Å². The smallest absolute Gasteiger partial charge is 0.159 e. The number of halogens is 2. The van der Waals surface area contributed by atoms with Crippen molar-refractivity contribution in [1.82, 2.24) is 4.90 Å². The zero-order chi connectivity index (χ0) is 13.1. The van der Waals surface area contributed by atoms with Gasteiger partial charge in [-0.05, 0) is 31.2 Å². The average molecular weight is 256 g/mol. The Morgan fingerprint density at radius 2 is 2.22 bits per heavy atom. The number of nitrogens with zero attached hydrogens (tertiary/aromatic N) is 1. The van der Waals surface area contributed by atoms with Crippen molar-refractivity contribution in [2.75, 3.05) is 26.8 Å². The van der Waals surface area contributed by atoms with E-state index in [1.807, 2.05) is 7.05 Å². The van der Waals surface area contributed by atoms with Gasteiger partial charge in [0.15, 0.2) is 11.6 Å². The number of ether oxygens (including phenoxy) is 1. The summed E-state index contributed by atoms with van der Waals surface area (Å²) < 4.78 is 31.2. The molecule has 1 aromatic rings. The zero-order valence-electron chi connectivity index (χ0n) is 10.4. The van der Waals surface area contributed by atoms with E-state index < -0.39 is 11.6 Å². The molecule has 1 saturated heterocycles. The van der Waals surface area contributed by atoms with Crippen LogP contribution in [0.25, 0.3) is 0 Å². The molecule has 1 aliphatic heterocycles. The molecule has 1 heterocycles. The van der Waals surface area contributed by atoms with Crippen molar-refractivity contribution in [1.29, 1.82) is 0 Å². The van der Waals surface area contributed by atoms with Gasteiger partial charge in [-0.1, -0.05) is 6.07 Å². The summed E-state index contributed by atoms with van der Waals surface area (Å²) in [7, 11) is 1.97. The van der Waals surface area contributed by atoms with E-state index in [4.69, 9.17) is 10.5 Å². The van der Waals surface area contributed by atoms with Crippen molar-refractivity contribution in [3.05, 3.63) is 35.4 Å². The summed E-state index contributed by atoms with van der Waals surface area (Å²) in [6.45, 7) is 2.08. The van der Waals surface area contributed by atoms with E-state index >= 15 is 0 Å². The first-order chi connectivity index (χ1) is 8.58. The van der Waals surface area contributed by atoms with Crippen molar-refractivity contribution in [2.24, 2.45) is 5.73 Å². The van der Waals surface area contributed by atoms with Gasteiger partial charge in [0.05, 0.1) is 6.61 Å². The Morgan fingerprint density at radius 1 is 1.44 bits per heavy atom. The van der Waals surface area contributed by atoms with Gasteiger partial charge in [0.1, 0.15) is 0 Å². The topological polar surface area (TPSA) is 38.5 Å². The average Bonchev–Trinajstić information content (AvgIpc) is 2.86. The fourth-order valence-electron chi connectivity index (χ4n) is 2.18. The van der Waals surface area contributed by atoms with Crippen molar-refractivity contribution in [2.45, 2.75) is 18.5 Å². The first-order valence-electron chi connectivity index (χ1n) is 6.06. The maximum atomic E-state index is 13.1. The Labute approximate surface area is 106 Å². The second-order valence-electron chi connectivity index (χ2n) is 4.74. The zero-order valence-corrected chi connectivity index (χ0v) is 10.4.